The standard InChI is InChI=1S/C16H22N4/c1-2-9-20-16(6-8-19-20)15-4-3-13(12-18-15)10-14-5-7-17-11-14/h3-4,6,8,12,14,17H,2,5,7,9-11H2,1H3. The van der Waals surface area contributed by atoms with E-state index in [2.05, 4.69) is 34.5 Å². The van der Waals surface area contributed by atoms with Gasteiger partial charge in [0.25, 0.3) is 0 Å². The fourth-order valence-electron chi connectivity index (χ4n) is 2.86. The molecule has 1 saturated heterocycles. The number of nitrogens with zero attached hydrogens (tertiary/aromatic N) is 3. The summed E-state index contributed by atoms with van der Waals surface area (Å²) in [5.74, 6) is 0.772. The Morgan fingerprint density at radius 3 is 3.00 bits per heavy atom. The average molecular weight is 270 g/mol. The molecule has 2 aromatic heterocycles. The highest BCUT2D eigenvalue weighted by molar-refractivity contribution is 5.54. The molecule has 0 saturated carbocycles. The summed E-state index contributed by atoms with van der Waals surface area (Å²) < 4.78 is 2.03. The minimum atomic E-state index is 0.772. The first-order chi connectivity index (χ1) is 9.86. The van der Waals surface area contributed by atoms with Gasteiger partial charge in [0, 0.05) is 18.9 Å². The Labute approximate surface area is 120 Å². The van der Waals surface area contributed by atoms with E-state index in [4.69, 9.17) is 0 Å². The molecule has 0 bridgehead atoms. The Hall–Kier alpha value is -1.68. The quantitative estimate of drug-likeness (QED) is 0.907. The van der Waals surface area contributed by atoms with Crippen LogP contribution in [0.25, 0.3) is 11.4 Å². The fraction of sp³-hybridized carbons (Fsp3) is 0.500. The number of aryl methyl sites for hydroxylation is 1. The molecule has 3 rings (SSSR count). The highest BCUT2D eigenvalue weighted by Crippen LogP contribution is 2.19. The number of hydrogen-bond donors (Lipinski definition) is 1. The average Bonchev–Trinajstić information content (AvgIpc) is 3.12. The SMILES string of the molecule is CCCn1nccc1-c1ccc(CC2CCNC2)cn1. The predicted octanol–water partition coefficient (Wildman–Crippen LogP) is 2.51. The Bertz CT molecular complexity index is 538. The molecule has 4 heteroatoms. The van der Waals surface area contributed by atoms with Gasteiger partial charge < -0.3 is 5.32 Å². The first-order valence-electron chi connectivity index (χ1n) is 7.54. The van der Waals surface area contributed by atoms with Crippen molar-refractivity contribution in [3.63, 3.8) is 0 Å². The van der Waals surface area contributed by atoms with Crippen LogP contribution in [0.3, 0.4) is 0 Å². The van der Waals surface area contributed by atoms with Gasteiger partial charge >= 0.3 is 0 Å². The summed E-state index contributed by atoms with van der Waals surface area (Å²) in [5, 5.41) is 7.77. The molecule has 0 radical (unpaired) electrons. The topological polar surface area (TPSA) is 42.7 Å². The van der Waals surface area contributed by atoms with Gasteiger partial charge in [0.1, 0.15) is 0 Å². The molecule has 1 aliphatic heterocycles. The third kappa shape index (κ3) is 2.90. The van der Waals surface area contributed by atoms with Gasteiger partial charge in [-0.1, -0.05) is 13.0 Å². The smallest absolute Gasteiger partial charge is 0.0883 e. The third-order valence-corrected chi connectivity index (χ3v) is 3.93. The van der Waals surface area contributed by atoms with Crippen LogP contribution in [0.15, 0.2) is 30.6 Å². The van der Waals surface area contributed by atoms with E-state index in [1.807, 2.05) is 23.1 Å². The number of rotatable bonds is 5. The zero-order valence-electron chi connectivity index (χ0n) is 12.0. The Morgan fingerprint density at radius 2 is 2.30 bits per heavy atom. The molecule has 106 valence electrons. The highest BCUT2D eigenvalue weighted by atomic mass is 15.3. The van der Waals surface area contributed by atoms with Crippen LogP contribution in [0, 0.1) is 5.92 Å². The van der Waals surface area contributed by atoms with Gasteiger partial charge in [-0.05, 0) is 56.0 Å². The predicted molar refractivity (Wildman–Crippen MR) is 80.4 cm³/mol. The molecule has 0 aromatic carbocycles. The van der Waals surface area contributed by atoms with Crippen LogP contribution >= 0.6 is 0 Å². The van der Waals surface area contributed by atoms with Gasteiger partial charge in [0.2, 0.25) is 0 Å². The van der Waals surface area contributed by atoms with Crippen LogP contribution < -0.4 is 5.32 Å². The summed E-state index contributed by atoms with van der Waals surface area (Å²) in [6.07, 6.45) is 7.38. The minimum absolute atomic E-state index is 0.772. The zero-order chi connectivity index (χ0) is 13.8. The van der Waals surface area contributed by atoms with Crippen LogP contribution in [0.2, 0.25) is 0 Å². The Kier molecular flexibility index (Phi) is 4.11. The Balaban J connectivity index is 1.73. The van der Waals surface area contributed by atoms with Crippen LogP contribution in [0.4, 0.5) is 0 Å². The normalized spacial score (nSPS) is 18.6. The van der Waals surface area contributed by atoms with Gasteiger partial charge in [-0.2, -0.15) is 5.10 Å². The van der Waals surface area contributed by atoms with Crippen molar-refractivity contribution in [1.29, 1.82) is 0 Å². The van der Waals surface area contributed by atoms with E-state index in [0.717, 1.165) is 49.8 Å². The summed E-state index contributed by atoms with van der Waals surface area (Å²) in [4.78, 5) is 4.62. The third-order valence-electron chi connectivity index (χ3n) is 3.93. The Morgan fingerprint density at radius 1 is 1.35 bits per heavy atom. The van der Waals surface area contributed by atoms with Crippen LogP contribution in [0.5, 0.6) is 0 Å². The molecule has 0 spiro atoms. The molecule has 1 fully saturated rings. The van der Waals surface area contributed by atoms with E-state index in [1.54, 1.807) is 0 Å². The van der Waals surface area contributed by atoms with Crippen molar-refractivity contribution >= 4 is 0 Å². The van der Waals surface area contributed by atoms with Crippen LogP contribution in [-0.2, 0) is 13.0 Å². The van der Waals surface area contributed by atoms with Gasteiger partial charge in [0.05, 0.1) is 11.4 Å². The number of pyridine rings is 1. The number of hydrogen-bond acceptors (Lipinski definition) is 3. The molecular weight excluding hydrogens is 248 g/mol. The summed E-state index contributed by atoms with van der Waals surface area (Å²) in [7, 11) is 0. The highest BCUT2D eigenvalue weighted by Gasteiger charge is 2.15. The zero-order valence-corrected chi connectivity index (χ0v) is 12.0. The maximum atomic E-state index is 4.62. The van der Waals surface area contributed by atoms with Crippen molar-refractivity contribution in [2.75, 3.05) is 13.1 Å². The van der Waals surface area contributed by atoms with Crippen molar-refractivity contribution in [1.82, 2.24) is 20.1 Å². The van der Waals surface area contributed by atoms with E-state index < -0.39 is 0 Å². The minimum Gasteiger partial charge on any atom is -0.316 e. The fourth-order valence-corrected chi connectivity index (χ4v) is 2.86. The van der Waals surface area contributed by atoms with E-state index in [1.165, 1.54) is 12.0 Å². The van der Waals surface area contributed by atoms with Gasteiger partial charge in [0.15, 0.2) is 0 Å². The maximum absolute atomic E-state index is 4.62. The van der Waals surface area contributed by atoms with Gasteiger partial charge in [-0.25, -0.2) is 0 Å². The molecular formula is C16H22N4. The molecule has 1 unspecified atom stereocenters. The van der Waals surface area contributed by atoms with Gasteiger partial charge in [-0.15, -0.1) is 0 Å². The van der Waals surface area contributed by atoms with E-state index in [9.17, 15) is 0 Å². The molecule has 20 heavy (non-hydrogen) atoms. The second-order valence-corrected chi connectivity index (χ2v) is 5.55. The second-order valence-electron chi connectivity index (χ2n) is 5.55. The number of aromatic nitrogens is 3. The molecule has 0 aliphatic carbocycles. The molecule has 1 N–H and O–H groups in total. The lowest BCUT2D eigenvalue weighted by Crippen LogP contribution is -2.10. The second kappa shape index (κ2) is 6.18. The van der Waals surface area contributed by atoms with Crippen molar-refractivity contribution in [2.45, 2.75) is 32.7 Å². The molecule has 3 heterocycles. The van der Waals surface area contributed by atoms with Crippen LogP contribution in [-0.4, -0.2) is 27.9 Å². The van der Waals surface area contributed by atoms with Gasteiger partial charge in [-0.3, -0.25) is 9.67 Å². The lowest BCUT2D eigenvalue weighted by molar-refractivity contribution is 0.579. The monoisotopic (exact) mass is 270 g/mol. The molecule has 2 aromatic rings. The van der Waals surface area contributed by atoms with E-state index in [0.29, 0.717) is 0 Å². The van der Waals surface area contributed by atoms with Crippen molar-refractivity contribution < 1.29 is 0 Å². The summed E-state index contributed by atoms with van der Waals surface area (Å²) in [6.45, 7) is 5.41. The van der Waals surface area contributed by atoms with E-state index >= 15 is 0 Å². The first kappa shape index (κ1) is 13.3. The van der Waals surface area contributed by atoms with Crippen molar-refractivity contribution in [3.8, 4) is 11.4 Å². The van der Waals surface area contributed by atoms with Crippen LogP contribution in [0.1, 0.15) is 25.3 Å². The molecule has 1 aliphatic rings. The molecule has 0 amide bonds. The summed E-state index contributed by atoms with van der Waals surface area (Å²) in [5.41, 5.74) is 3.47. The maximum Gasteiger partial charge on any atom is 0.0883 e. The summed E-state index contributed by atoms with van der Waals surface area (Å²) in [6, 6.07) is 6.38. The first-order valence-corrected chi connectivity index (χ1v) is 7.54. The van der Waals surface area contributed by atoms with Crippen molar-refractivity contribution in [2.24, 2.45) is 5.92 Å². The molecule has 4 nitrogen and oxygen atoms in total. The number of nitrogens with one attached hydrogen (secondary N) is 1. The lowest BCUT2D eigenvalue weighted by atomic mass is 10.00. The van der Waals surface area contributed by atoms with Crippen molar-refractivity contribution in [3.05, 3.63) is 36.2 Å². The lowest BCUT2D eigenvalue weighted by Gasteiger charge is -2.09. The van der Waals surface area contributed by atoms with E-state index in [-0.39, 0.29) is 0 Å². The largest absolute Gasteiger partial charge is 0.316 e. The molecule has 1 atom stereocenters. The summed E-state index contributed by atoms with van der Waals surface area (Å²) >= 11 is 0.